The molecular formula is C10H14N3O5. The van der Waals surface area contributed by atoms with Gasteiger partial charge in [0, 0.05) is 12.1 Å². The Morgan fingerprint density at radius 2 is 1.83 bits per heavy atom. The molecular weight excluding hydrogens is 242 g/mol. The molecule has 0 fully saturated rings. The zero-order valence-electron chi connectivity index (χ0n) is 9.48. The summed E-state index contributed by atoms with van der Waals surface area (Å²) in [6.45, 7) is -1.72. The van der Waals surface area contributed by atoms with Crippen molar-refractivity contribution >= 4 is 17.1 Å². The molecule has 0 atom stereocenters. The largest absolute Gasteiger partial charge is 0.397 e. The van der Waals surface area contributed by atoms with Crippen molar-refractivity contribution in [2.45, 2.75) is 5.54 Å². The van der Waals surface area contributed by atoms with Gasteiger partial charge in [-0.1, -0.05) is 0 Å². The third kappa shape index (κ3) is 2.86. The molecule has 0 amide bonds. The molecule has 0 aromatic heterocycles. The Morgan fingerprint density at radius 3 is 2.22 bits per heavy atom. The molecule has 1 radical (unpaired) electrons. The first-order valence-corrected chi connectivity index (χ1v) is 5.07. The van der Waals surface area contributed by atoms with Crippen LogP contribution >= 0.6 is 0 Å². The van der Waals surface area contributed by atoms with E-state index in [4.69, 9.17) is 21.1 Å². The van der Waals surface area contributed by atoms with E-state index in [2.05, 4.69) is 5.32 Å². The number of nitro benzene ring substituents is 1. The Bertz CT molecular complexity index is 425. The molecule has 8 nitrogen and oxygen atoms in total. The van der Waals surface area contributed by atoms with Crippen LogP contribution in [0.5, 0.6) is 0 Å². The third-order valence-corrected chi connectivity index (χ3v) is 2.46. The first-order chi connectivity index (χ1) is 8.48. The van der Waals surface area contributed by atoms with E-state index in [0.717, 1.165) is 6.07 Å². The smallest absolute Gasteiger partial charge is 0.271 e. The number of hydrogen-bond donors (Lipinski definition) is 4. The minimum absolute atomic E-state index is 0.0314. The van der Waals surface area contributed by atoms with Gasteiger partial charge in [0.15, 0.2) is 0 Å². The number of nitrogens with two attached hydrogens (primary N) is 1. The summed E-state index contributed by atoms with van der Waals surface area (Å²) in [5.74, 6) is 0. The molecule has 0 aliphatic heterocycles. The van der Waals surface area contributed by atoms with Gasteiger partial charge >= 0.3 is 0 Å². The van der Waals surface area contributed by atoms with E-state index in [1.54, 1.807) is 0 Å². The van der Waals surface area contributed by atoms with E-state index in [9.17, 15) is 10.1 Å². The second-order valence-electron chi connectivity index (χ2n) is 3.81. The van der Waals surface area contributed by atoms with E-state index in [-0.39, 0.29) is 17.1 Å². The van der Waals surface area contributed by atoms with Crippen molar-refractivity contribution in [1.82, 2.24) is 5.32 Å². The molecule has 8 heteroatoms. The molecule has 0 aliphatic carbocycles. The Kier molecular flexibility index (Phi) is 4.43. The quantitative estimate of drug-likeness (QED) is 0.296. The second kappa shape index (κ2) is 5.63. The molecule has 0 bridgehead atoms. The highest BCUT2D eigenvalue weighted by Gasteiger charge is 2.30. The molecule has 99 valence electrons. The van der Waals surface area contributed by atoms with Gasteiger partial charge in [0.25, 0.3) is 5.69 Å². The average Bonchev–Trinajstić information content (AvgIpc) is 2.38. The van der Waals surface area contributed by atoms with Crippen molar-refractivity contribution in [2.24, 2.45) is 0 Å². The highest BCUT2D eigenvalue weighted by molar-refractivity contribution is 5.66. The highest BCUT2D eigenvalue weighted by Crippen LogP contribution is 2.26. The molecule has 0 heterocycles. The minimum Gasteiger partial charge on any atom is -0.397 e. The monoisotopic (exact) mass is 256 g/mol. The number of nitrogens with zero attached hydrogens (tertiary/aromatic N) is 2. The predicted molar refractivity (Wildman–Crippen MR) is 63.3 cm³/mol. The molecule has 5 N–H and O–H groups in total. The van der Waals surface area contributed by atoms with E-state index in [1.165, 1.54) is 12.1 Å². The molecule has 1 aromatic rings. The van der Waals surface area contributed by atoms with Gasteiger partial charge in [0.2, 0.25) is 0 Å². The maximum absolute atomic E-state index is 10.5. The van der Waals surface area contributed by atoms with Crippen molar-refractivity contribution < 1.29 is 20.2 Å². The number of non-ortho nitro benzene ring substituents is 1. The summed E-state index contributed by atoms with van der Waals surface area (Å²) in [5, 5.41) is 41.8. The zero-order valence-corrected chi connectivity index (χ0v) is 9.48. The Labute approximate surface area is 103 Å². The number of anilines is 1. The summed E-state index contributed by atoms with van der Waals surface area (Å²) >= 11 is 0. The van der Waals surface area contributed by atoms with E-state index in [1.807, 2.05) is 0 Å². The summed E-state index contributed by atoms with van der Waals surface area (Å²) in [4.78, 5) is 9.92. The van der Waals surface area contributed by atoms with Gasteiger partial charge in [0.1, 0.15) is 5.54 Å². The van der Waals surface area contributed by atoms with Gasteiger partial charge in [-0.25, -0.2) is 0 Å². The van der Waals surface area contributed by atoms with Crippen LogP contribution in [-0.2, 0) is 0 Å². The van der Waals surface area contributed by atoms with Crippen LogP contribution in [-0.4, -0.2) is 45.6 Å². The fourth-order valence-corrected chi connectivity index (χ4v) is 1.27. The SMILES string of the molecule is Nc1cc([N+](=O)[O-])ccc1[N]C(CO)(CO)CO. The van der Waals surface area contributed by atoms with Crippen molar-refractivity contribution in [3.05, 3.63) is 28.3 Å². The number of benzene rings is 1. The lowest BCUT2D eigenvalue weighted by Crippen LogP contribution is -2.48. The van der Waals surface area contributed by atoms with Crippen LogP contribution < -0.4 is 11.1 Å². The third-order valence-electron chi connectivity index (χ3n) is 2.46. The molecule has 0 aliphatic rings. The fourth-order valence-electron chi connectivity index (χ4n) is 1.27. The van der Waals surface area contributed by atoms with Crippen molar-refractivity contribution in [3.63, 3.8) is 0 Å². The van der Waals surface area contributed by atoms with Gasteiger partial charge < -0.3 is 21.1 Å². The van der Waals surface area contributed by atoms with Crippen LogP contribution in [0.2, 0.25) is 0 Å². The van der Waals surface area contributed by atoms with Crippen molar-refractivity contribution in [1.29, 1.82) is 0 Å². The number of nitrogen functional groups attached to an aromatic ring is 1. The minimum atomic E-state index is -1.45. The maximum Gasteiger partial charge on any atom is 0.271 e. The highest BCUT2D eigenvalue weighted by atomic mass is 16.6. The number of aliphatic hydroxyl groups excluding tert-OH is 3. The van der Waals surface area contributed by atoms with Crippen LogP contribution in [0.25, 0.3) is 0 Å². The molecule has 0 unspecified atom stereocenters. The lowest BCUT2D eigenvalue weighted by atomic mass is 10.0. The van der Waals surface area contributed by atoms with Crippen molar-refractivity contribution in [3.8, 4) is 0 Å². The summed E-state index contributed by atoms with van der Waals surface area (Å²) in [6, 6.07) is 3.62. The van der Waals surface area contributed by atoms with Crippen LogP contribution in [0.4, 0.5) is 17.1 Å². The maximum atomic E-state index is 10.5. The summed E-state index contributed by atoms with van der Waals surface area (Å²) < 4.78 is 0. The number of hydrogen-bond acceptors (Lipinski definition) is 6. The molecule has 18 heavy (non-hydrogen) atoms. The number of aliphatic hydroxyl groups is 3. The Hall–Kier alpha value is -1.90. The molecule has 0 saturated heterocycles. The van der Waals surface area contributed by atoms with E-state index >= 15 is 0 Å². The van der Waals surface area contributed by atoms with Crippen LogP contribution in [0, 0.1) is 10.1 Å². The van der Waals surface area contributed by atoms with Gasteiger partial charge in [-0.2, -0.15) is 0 Å². The fraction of sp³-hybridized carbons (Fsp3) is 0.400. The lowest BCUT2D eigenvalue weighted by molar-refractivity contribution is -0.384. The number of nitro groups is 1. The molecule has 1 rings (SSSR count). The lowest BCUT2D eigenvalue weighted by Gasteiger charge is -2.27. The van der Waals surface area contributed by atoms with Gasteiger partial charge in [-0.3, -0.25) is 15.4 Å². The van der Waals surface area contributed by atoms with E-state index < -0.39 is 30.3 Å². The summed E-state index contributed by atoms with van der Waals surface area (Å²) in [7, 11) is 0. The van der Waals surface area contributed by atoms with Crippen LogP contribution in [0.15, 0.2) is 18.2 Å². The van der Waals surface area contributed by atoms with Crippen LogP contribution in [0.3, 0.4) is 0 Å². The molecule has 0 spiro atoms. The van der Waals surface area contributed by atoms with Gasteiger partial charge in [0.05, 0.1) is 36.1 Å². The zero-order chi connectivity index (χ0) is 13.8. The first kappa shape index (κ1) is 14.2. The first-order valence-electron chi connectivity index (χ1n) is 5.07. The summed E-state index contributed by atoms with van der Waals surface area (Å²) in [6.07, 6.45) is 0. The van der Waals surface area contributed by atoms with Gasteiger partial charge in [-0.05, 0) is 6.07 Å². The standard InChI is InChI=1S/C10H14N3O5/c11-8-3-7(13(17)18)1-2-9(8)12-10(4-14,5-15)6-16/h1-3,14-16H,4-6,11H2. The molecule has 0 saturated carbocycles. The van der Waals surface area contributed by atoms with Crippen molar-refractivity contribution in [2.75, 3.05) is 25.6 Å². The Morgan fingerprint density at radius 1 is 1.28 bits per heavy atom. The topological polar surface area (TPSA) is 144 Å². The normalized spacial score (nSPS) is 11.3. The van der Waals surface area contributed by atoms with Gasteiger partial charge in [-0.15, -0.1) is 0 Å². The van der Waals surface area contributed by atoms with Crippen LogP contribution in [0.1, 0.15) is 0 Å². The molecule has 1 aromatic carbocycles. The van der Waals surface area contributed by atoms with E-state index in [0.29, 0.717) is 0 Å². The predicted octanol–water partition coefficient (Wildman–Crippen LogP) is -0.871. The Balaban J connectivity index is 3.01. The average molecular weight is 256 g/mol. The summed E-state index contributed by atoms with van der Waals surface area (Å²) in [5.41, 5.74) is 4.14. The second-order valence-corrected chi connectivity index (χ2v) is 3.81. The number of rotatable bonds is 6.